The Morgan fingerprint density at radius 3 is 2.64 bits per heavy atom. The second-order valence-corrected chi connectivity index (χ2v) is 4.06. The maximum Gasteiger partial charge on any atom is 0.130 e. The lowest BCUT2D eigenvalue weighted by atomic mass is 10.0. The van der Waals surface area contributed by atoms with Gasteiger partial charge in [0.05, 0.1) is 10.6 Å². The minimum absolute atomic E-state index is 0.149. The molecule has 14 heavy (non-hydrogen) atoms. The third kappa shape index (κ3) is 2.47. The average molecular weight is 260 g/mol. The van der Waals surface area contributed by atoms with Crippen molar-refractivity contribution in [3.63, 3.8) is 0 Å². The smallest absolute Gasteiger partial charge is 0.130 e. The summed E-state index contributed by atoms with van der Waals surface area (Å²) in [6, 6.07) is 3.39. The van der Waals surface area contributed by atoms with E-state index in [1.54, 1.807) is 6.07 Å². The van der Waals surface area contributed by atoms with Crippen LogP contribution in [0.1, 0.15) is 23.7 Å². The van der Waals surface area contributed by atoms with Crippen LogP contribution < -0.4 is 5.73 Å². The Labute approximate surface area is 91.7 Å². The molecule has 0 amide bonds. The topological polar surface area (TPSA) is 66.5 Å². The molecule has 1 unspecified atom stereocenters. The first-order valence-electron chi connectivity index (χ1n) is 4.43. The van der Waals surface area contributed by atoms with E-state index in [1.165, 1.54) is 0 Å². The highest BCUT2D eigenvalue weighted by Gasteiger charge is 2.10. The van der Waals surface area contributed by atoms with Crippen LogP contribution in [0.3, 0.4) is 0 Å². The van der Waals surface area contributed by atoms with Gasteiger partial charge in [-0.1, -0.05) is 6.07 Å². The second-order valence-electron chi connectivity index (χ2n) is 3.26. The lowest BCUT2D eigenvalue weighted by Crippen LogP contribution is -2.06. The van der Waals surface area contributed by atoms with Gasteiger partial charge in [-0.2, -0.15) is 0 Å². The number of aliphatic hydroxyl groups is 1. The highest BCUT2D eigenvalue weighted by atomic mass is 79.9. The zero-order valence-electron chi connectivity index (χ0n) is 8.00. The number of benzene rings is 1. The van der Waals surface area contributed by atoms with Gasteiger partial charge in [0.25, 0.3) is 0 Å². The van der Waals surface area contributed by atoms with Crippen LogP contribution in [0.4, 0.5) is 0 Å². The second kappa shape index (κ2) is 4.77. The molecule has 0 spiro atoms. The molecule has 4 N–H and O–H groups in total. The zero-order chi connectivity index (χ0) is 10.7. The summed E-state index contributed by atoms with van der Waals surface area (Å²) in [7, 11) is 0. The van der Waals surface area contributed by atoms with Gasteiger partial charge in [-0.15, -0.1) is 0 Å². The molecule has 0 fully saturated rings. The number of nitrogens with two attached hydrogens (primary N) is 1. The van der Waals surface area contributed by atoms with E-state index >= 15 is 0 Å². The summed E-state index contributed by atoms with van der Waals surface area (Å²) in [4.78, 5) is 0. The van der Waals surface area contributed by atoms with Gasteiger partial charge in [0.2, 0.25) is 0 Å². The Balaban J connectivity index is 3.00. The van der Waals surface area contributed by atoms with Gasteiger partial charge >= 0.3 is 0 Å². The van der Waals surface area contributed by atoms with Crippen molar-refractivity contribution < 1.29 is 10.2 Å². The third-order valence-corrected chi connectivity index (χ3v) is 3.11. The van der Waals surface area contributed by atoms with Crippen LogP contribution >= 0.6 is 15.9 Å². The number of aromatic hydroxyl groups is 1. The summed E-state index contributed by atoms with van der Waals surface area (Å²) in [6.45, 7) is 2.29. The van der Waals surface area contributed by atoms with Gasteiger partial charge in [0.15, 0.2) is 0 Å². The minimum atomic E-state index is -0.599. The van der Waals surface area contributed by atoms with Gasteiger partial charge < -0.3 is 15.9 Å². The molecule has 0 saturated carbocycles. The predicted octanol–water partition coefficient (Wildman–Crippen LogP) is 1.85. The summed E-state index contributed by atoms with van der Waals surface area (Å²) in [5.74, 6) is 0.149. The monoisotopic (exact) mass is 259 g/mol. The van der Waals surface area contributed by atoms with Gasteiger partial charge in [0, 0.05) is 0 Å². The van der Waals surface area contributed by atoms with Crippen LogP contribution in [0, 0.1) is 6.92 Å². The largest absolute Gasteiger partial charge is 0.507 e. The van der Waals surface area contributed by atoms with Crippen LogP contribution in [0.25, 0.3) is 0 Å². The van der Waals surface area contributed by atoms with E-state index in [9.17, 15) is 10.2 Å². The standard InChI is InChI=1S/C10H14BrNO2/c1-6-4-7(8(13)2-3-12)5-9(14)10(6)11/h4-5,8,13-14H,2-3,12H2,1H3. The maximum atomic E-state index is 9.65. The summed E-state index contributed by atoms with van der Waals surface area (Å²) < 4.78 is 0.668. The van der Waals surface area contributed by atoms with E-state index in [2.05, 4.69) is 15.9 Å². The summed E-state index contributed by atoms with van der Waals surface area (Å²) in [5.41, 5.74) is 6.94. The molecular formula is C10H14BrNO2. The molecule has 0 aliphatic carbocycles. The lowest BCUT2D eigenvalue weighted by Gasteiger charge is -2.12. The Bertz CT molecular complexity index is 305. The van der Waals surface area contributed by atoms with E-state index in [0.717, 1.165) is 5.56 Å². The lowest BCUT2D eigenvalue weighted by molar-refractivity contribution is 0.170. The summed E-state index contributed by atoms with van der Waals surface area (Å²) in [6.07, 6.45) is -0.0988. The van der Waals surface area contributed by atoms with Crippen molar-refractivity contribution >= 4 is 15.9 Å². The number of rotatable bonds is 3. The first kappa shape index (κ1) is 11.5. The fourth-order valence-electron chi connectivity index (χ4n) is 1.30. The molecule has 0 radical (unpaired) electrons. The number of hydrogen-bond donors (Lipinski definition) is 3. The fraction of sp³-hybridized carbons (Fsp3) is 0.400. The van der Waals surface area contributed by atoms with Crippen molar-refractivity contribution in [3.05, 3.63) is 27.7 Å². The van der Waals surface area contributed by atoms with Crippen LogP contribution in [0.5, 0.6) is 5.75 Å². The van der Waals surface area contributed by atoms with Crippen molar-refractivity contribution in [2.24, 2.45) is 5.73 Å². The molecule has 0 aromatic heterocycles. The molecule has 1 atom stereocenters. The number of phenols is 1. The molecule has 78 valence electrons. The highest BCUT2D eigenvalue weighted by Crippen LogP contribution is 2.31. The van der Waals surface area contributed by atoms with Crippen LogP contribution in [0.2, 0.25) is 0 Å². The Morgan fingerprint density at radius 1 is 1.50 bits per heavy atom. The van der Waals surface area contributed by atoms with Gasteiger partial charge in [-0.25, -0.2) is 0 Å². The first-order valence-corrected chi connectivity index (χ1v) is 5.22. The molecule has 0 aliphatic rings. The van der Waals surface area contributed by atoms with Crippen molar-refractivity contribution in [2.75, 3.05) is 6.54 Å². The molecule has 1 aromatic rings. The predicted molar refractivity (Wildman–Crippen MR) is 59.2 cm³/mol. The molecule has 0 heterocycles. The molecule has 1 rings (SSSR count). The van der Waals surface area contributed by atoms with Crippen LogP contribution in [-0.4, -0.2) is 16.8 Å². The van der Waals surface area contributed by atoms with E-state index in [4.69, 9.17) is 5.73 Å². The SMILES string of the molecule is Cc1cc(C(O)CCN)cc(O)c1Br. The quantitative estimate of drug-likeness (QED) is 0.776. The summed E-state index contributed by atoms with van der Waals surface area (Å²) in [5, 5.41) is 19.2. The van der Waals surface area contributed by atoms with Gasteiger partial charge in [-0.05, 0) is 53.0 Å². The number of phenolic OH excluding ortho intramolecular Hbond substituents is 1. The Hall–Kier alpha value is -0.580. The van der Waals surface area contributed by atoms with E-state index in [-0.39, 0.29) is 5.75 Å². The Morgan fingerprint density at radius 2 is 2.14 bits per heavy atom. The van der Waals surface area contributed by atoms with Gasteiger partial charge in [-0.3, -0.25) is 0 Å². The van der Waals surface area contributed by atoms with Crippen molar-refractivity contribution in [1.29, 1.82) is 0 Å². The molecular weight excluding hydrogens is 246 g/mol. The molecule has 3 nitrogen and oxygen atoms in total. The Kier molecular flexibility index (Phi) is 3.92. The number of aliphatic hydroxyl groups excluding tert-OH is 1. The molecule has 0 saturated heterocycles. The third-order valence-electron chi connectivity index (χ3n) is 2.08. The number of hydrogen-bond acceptors (Lipinski definition) is 3. The first-order chi connectivity index (χ1) is 6.56. The zero-order valence-corrected chi connectivity index (χ0v) is 9.58. The average Bonchev–Trinajstić information content (AvgIpc) is 2.13. The van der Waals surface area contributed by atoms with E-state index in [0.29, 0.717) is 23.0 Å². The van der Waals surface area contributed by atoms with Crippen LogP contribution in [-0.2, 0) is 0 Å². The fourth-order valence-corrected chi connectivity index (χ4v) is 1.52. The van der Waals surface area contributed by atoms with E-state index < -0.39 is 6.10 Å². The van der Waals surface area contributed by atoms with Crippen LogP contribution in [0.15, 0.2) is 16.6 Å². The minimum Gasteiger partial charge on any atom is -0.507 e. The maximum absolute atomic E-state index is 9.65. The van der Waals surface area contributed by atoms with E-state index in [1.807, 2.05) is 13.0 Å². The number of aryl methyl sites for hydroxylation is 1. The molecule has 1 aromatic carbocycles. The molecule has 4 heteroatoms. The van der Waals surface area contributed by atoms with Crippen molar-refractivity contribution in [3.8, 4) is 5.75 Å². The highest BCUT2D eigenvalue weighted by molar-refractivity contribution is 9.10. The number of halogens is 1. The van der Waals surface area contributed by atoms with Crippen molar-refractivity contribution in [1.82, 2.24) is 0 Å². The summed E-state index contributed by atoms with van der Waals surface area (Å²) >= 11 is 3.25. The normalized spacial score (nSPS) is 12.9. The van der Waals surface area contributed by atoms with Gasteiger partial charge in [0.1, 0.15) is 5.75 Å². The molecule has 0 bridgehead atoms. The van der Waals surface area contributed by atoms with Crippen molar-refractivity contribution in [2.45, 2.75) is 19.4 Å². The molecule has 0 aliphatic heterocycles.